The Morgan fingerprint density at radius 1 is 1.17 bits per heavy atom. The fourth-order valence-electron chi connectivity index (χ4n) is 2.44. The number of carbonyl (C=O) groups excluding carboxylic acids is 1. The van der Waals surface area contributed by atoms with Gasteiger partial charge in [0.2, 0.25) is 0 Å². The standard InChI is InChI=1S/C17H14N2O4/c20-16(8-9-17(21)22)19-14(15-7-4-10-23-15)11-13(18-19)12-5-2-1-3-6-12/h1-10,14H,11H2,(H,21,22)/b9-8-/t14-/m0/s1. The third-order valence-corrected chi connectivity index (χ3v) is 3.48. The molecule has 1 aliphatic rings. The number of hydrogen-bond donors (Lipinski definition) is 1. The number of hydrazone groups is 1. The molecule has 1 amide bonds. The van der Waals surface area contributed by atoms with Crippen molar-refractivity contribution in [3.63, 3.8) is 0 Å². The average Bonchev–Trinajstić information content (AvgIpc) is 3.22. The lowest BCUT2D eigenvalue weighted by Crippen LogP contribution is -2.25. The van der Waals surface area contributed by atoms with Crippen molar-refractivity contribution in [2.75, 3.05) is 0 Å². The highest BCUT2D eigenvalue weighted by atomic mass is 16.4. The lowest BCUT2D eigenvalue weighted by atomic mass is 10.0. The minimum atomic E-state index is -1.18. The van der Waals surface area contributed by atoms with E-state index in [0.717, 1.165) is 23.4 Å². The molecule has 1 atom stereocenters. The predicted molar refractivity (Wildman–Crippen MR) is 82.7 cm³/mol. The van der Waals surface area contributed by atoms with Crippen LogP contribution in [-0.2, 0) is 9.59 Å². The molecule has 2 aromatic rings. The van der Waals surface area contributed by atoms with Crippen LogP contribution in [0.1, 0.15) is 23.8 Å². The Labute approximate surface area is 132 Å². The summed E-state index contributed by atoms with van der Waals surface area (Å²) in [6.07, 6.45) is 3.84. The SMILES string of the molecule is O=C(O)/C=C\C(=O)N1N=C(c2ccccc2)C[C@H]1c1ccco1. The highest BCUT2D eigenvalue weighted by Gasteiger charge is 2.33. The molecule has 1 aliphatic heterocycles. The smallest absolute Gasteiger partial charge is 0.328 e. The van der Waals surface area contributed by atoms with Gasteiger partial charge in [0.05, 0.1) is 12.0 Å². The van der Waals surface area contributed by atoms with Crippen LogP contribution in [0, 0.1) is 0 Å². The molecule has 0 saturated heterocycles. The number of carbonyl (C=O) groups is 2. The first-order valence-corrected chi connectivity index (χ1v) is 7.05. The molecule has 6 heteroatoms. The van der Waals surface area contributed by atoms with Crippen molar-refractivity contribution in [3.8, 4) is 0 Å². The zero-order valence-corrected chi connectivity index (χ0v) is 12.1. The van der Waals surface area contributed by atoms with Gasteiger partial charge in [0, 0.05) is 18.6 Å². The van der Waals surface area contributed by atoms with Gasteiger partial charge in [0.1, 0.15) is 11.8 Å². The first-order chi connectivity index (χ1) is 11.1. The molecule has 0 spiro atoms. The van der Waals surface area contributed by atoms with Crippen LogP contribution < -0.4 is 0 Å². The Kier molecular flexibility index (Phi) is 4.05. The van der Waals surface area contributed by atoms with E-state index in [1.807, 2.05) is 30.3 Å². The van der Waals surface area contributed by atoms with E-state index in [2.05, 4.69) is 5.10 Å². The lowest BCUT2D eigenvalue weighted by Gasteiger charge is -2.17. The number of rotatable bonds is 4. The highest BCUT2D eigenvalue weighted by Crippen LogP contribution is 2.33. The molecular weight excluding hydrogens is 296 g/mol. The number of aliphatic carboxylic acids is 1. The van der Waals surface area contributed by atoms with Gasteiger partial charge >= 0.3 is 5.97 Å². The van der Waals surface area contributed by atoms with Gasteiger partial charge in [-0.25, -0.2) is 9.80 Å². The van der Waals surface area contributed by atoms with Crippen molar-refractivity contribution >= 4 is 17.6 Å². The van der Waals surface area contributed by atoms with Crippen LogP contribution in [0.25, 0.3) is 0 Å². The quantitative estimate of drug-likeness (QED) is 0.880. The average molecular weight is 310 g/mol. The van der Waals surface area contributed by atoms with Crippen molar-refractivity contribution in [2.45, 2.75) is 12.5 Å². The number of carboxylic acid groups (broad SMARTS) is 1. The molecule has 116 valence electrons. The van der Waals surface area contributed by atoms with Gasteiger partial charge in [-0.15, -0.1) is 0 Å². The molecule has 0 bridgehead atoms. The number of nitrogens with zero attached hydrogens (tertiary/aromatic N) is 2. The van der Waals surface area contributed by atoms with Crippen LogP contribution in [0.5, 0.6) is 0 Å². The second-order valence-corrected chi connectivity index (χ2v) is 5.00. The number of benzene rings is 1. The first-order valence-electron chi connectivity index (χ1n) is 7.05. The van der Waals surface area contributed by atoms with E-state index in [0.29, 0.717) is 12.2 Å². The first kappa shape index (κ1) is 14.8. The van der Waals surface area contributed by atoms with Crippen molar-refractivity contribution in [1.82, 2.24) is 5.01 Å². The van der Waals surface area contributed by atoms with E-state index in [-0.39, 0.29) is 6.04 Å². The molecule has 23 heavy (non-hydrogen) atoms. The molecule has 6 nitrogen and oxygen atoms in total. The summed E-state index contributed by atoms with van der Waals surface area (Å²) in [5.74, 6) is -1.07. The fourth-order valence-corrected chi connectivity index (χ4v) is 2.44. The number of amides is 1. The van der Waals surface area contributed by atoms with Gasteiger partial charge in [0.15, 0.2) is 0 Å². The molecular formula is C17H14N2O4. The van der Waals surface area contributed by atoms with Crippen LogP contribution in [0.3, 0.4) is 0 Å². The monoisotopic (exact) mass is 310 g/mol. The second-order valence-electron chi connectivity index (χ2n) is 5.00. The number of hydrogen-bond acceptors (Lipinski definition) is 4. The third-order valence-electron chi connectivity index (χ3n) is 3.48. The topological polar surface area (TPSA) is 83.1 Å². The Hall–Kier alpha value is -3.15. The molecule has 1 aromatic carbocycles. The summed E-state index contributed by atoms with van der Waals surface area (Å²) < 4.78 is 5.40. The van der Waals surface area contributed by atoms with Crippen molar-refractivity contribution < 1.29 is 19.1 Å². The van der Waals surface area contributed by atoms with Gasteiger partial charge in [-0.1, -0.05) is 30.3 Å². The maximum Gasteiger partial charge on any atom is 0.328 e. The summed E-state index contributed by atoms with van der Waals surface area (Å²) in [7, 11) is 0. The van der Waals surface area contributed by atoms with Crippen LogP contribution in [-0.4, -0.2) is 27.7 Å². The maximum atomic E-state index is 12.3. The number of furan rings is 1. The zero-order chi connectivity index (χ0) is 16.2. The fraction of sp³-hybridized carbons (Fsp3) is 0.118. The molecule has 0 fully saturated rings. The normalized spacial score (nSPS) is 17.5. The summed E-state index contributed by atoms with van der Waals surface area (Å²) in [5, 5.41) is 14.3. The van der Waals surface area contributed by atoms with Crippen LogP contribution in [0.4, 0.5) is 0 Å². The van der Waals surface area contributed by atoms with Gasteiger partial charge < -0.3 is 9.52 Å². The highest BCUT2D eigenvalue weighted by molar-refractivity contribution is 6.04. The maximum absolute atomic E-state index is 12.3. The number of carboxylic acids is 1. The Morgan fingerprint density at radius 3 is 2.61 bits per heavy atom. The van der Waals surface area contributed by atoms with Gasteiger partial charge in [-0.3, -0.25) is 4.79 Å². The summed E-state index contributed by atoms with van der Waals surface area (Å²) in [4.78, 5) is 22.9. The minimum Gasteiger partial charge on any atom is -0.478 e. The Balaban J connectivity index is 1.92. The third kappa shape index (κ3) is 3.21. The molecule has 3 rings (SSSR count). The Morgan fingerprint density at radius 2 is 1.96 bits per heavy atom. The lowest BCUT2D eigenvalue weighted by molar-refractivity contribution is -0.132. The van der Waals surface area contributed by atoms with Gasteiger partial charge in [-0.05, 0) is 17.7 Å². The van der Waals surface area contributed by atoms with E-state index in [1.165, 1.54) is 11.3 Å². The molecule has 1 aromatic heterocycles. The summed E-state index contributed by atoms with van der Waals surface area (Å²) in [5.41, 5.74) is 1.67. The summed E-state index contributed by atoms with van der Waals surface area (Å²) in [6.45, 7) is 0. The van der Waals surface area contributed by atoms with E-state index in [1.54, 1.807) is 12.1 Å². The van der Waals surface area contributed by atoms with Crippen molar-refractivity contribution in [2.24, 2.45) is 5.10 Å². The van der Waals surface area contributed by atoms with E-state index in [9.17, 15) is 9.59 Å². The van der Waals surface area contributed by atoms with Crippen LogP contribution in [0.2, 0.25) is 0 Å². The van der Waals surface area contributed by atoms with Crippen LogP contribution in [0.15, 0.2) is 70.4 Å². The van der Waals surface area contributed by atoms with E-state index in [4.69, 9.17) is 9.52 Å². The van der Waals surface area contributed by atoms with Gasteiger partial charge in [-0.2, -0.15) is 5.10 Å². The minimum absolute atomic E-state index is 0.383. The predicted octanol–water partition coefficient (Wildman–Crippen LogP) is 2.60. The molecule has 0 radical (unpaired) electrons. The molecule has 0 unspecified atom stereocenters. The summed E-state index contributed by atoms with van der Waals surface area (Å²) >= 11 is 0. The largest absolute Gasteiger partial charge is 0.478 e. The Bertz CT molecular complexity index is 763. The van der Waals surface area contributed by atoms with E-state index < -0.39 is 11.9 Å². The molecule has 0 saturated carbocycles. The van der Waals surface area contributed by atoms with Crippen molar-refractivity contribution in [3.05, 3.63) is 72.2 Å². The van der Waals surface area contributed by atoms with Gasteiger partial charge in [0.25, 0.3) is 5.91 Å². The molecule has 0 aliphatic carbocycles. The summed E-state index contributed by atoms with van der Waals surface area (Å²) in [6, 6.07) is 12.7. The second kappa shape index (κ2) is 6.31. The zero-order valence-electron chi connectivity index (χ0n) is 12.1. The van der Waals surface area contributed by atoms with E-state index >= 15 is 0 Å². The molecule has 1 N–H and O–H groups in total. The van der Waals surface area contributed by atoms with Crippen LogP contribution >= 0.6 is 0 Å². The molecule has 2 heterocycles. The van der Waals surface area contributed by atoms with Crippen molar-refractivity contribution in [1.29, 1.82) is 0 Å².